The molecule has 0 aromatic heterocycles. The molecule has 0 bridgehead atoms. The molecule has 41 heavy (non-hydrogen) atoms. The van der Waals surface area contributed by atoms with Crippen molar-refractivity contribution in [3.05, 3.63) is 24.3 Å². The number of allylic oxidation sites excluding steroid dienone is 2. The lowest BCUT2D eigenvalue weighted by Crippen LogP contribution is -2.25. The molecule has 2 unspecified atom stereocenters. The van der Waals surface area contributed by atoms with Crippen molar-refractivity contribution in [3.8, 4) is 0 Å². The molecule has 0 spiro atoms. The SMILES string of the molecule is CCCCCOC(C=CCCC(OCCC)OCCC)OC(C=CCCC(OCCC)OCCC)OCCCCC. The third kappa shape index (κ3) is 26.6. The molecule has 0 radical (unpaired) electrons. The fourth-order valence-electron chi connectivity index (χ4n) is 3.82. The number of rotatable bonds is 32. The zero-order valence-electron chi connectivity index (χ0n) is 27.6. The highest BCUT2D eigenvalue weighted by molar-refractivity contribution is 4.90. The fourth-order valence-corrected chi connectivity index (χ4v) is 3.82. The van der Waals surface area contributed by atoms with Crippen molar-refractivity contribution in [1.82, 2.24) is 0 Å². The van der Waals surface area contributed by atoms with E-state index in [1.54, 1.807) is 0 Å². The molecule has 0 aromatic rings. The lowest BCUT2D eigenvalue weighted by Gasteiger charge is -2.22. The average molecular weight is 587 g/mol. The molecule has 0 fully saturated rings. The minimum absolute atomic E-state index is 0.173. The first kappa shape index (κ1) is 40.2. The van der Waals surface area contributed by atoms with E-state index >= 15 is 0 Å². The molecule has 244 valence electrons. The van der Waals surface area contributed by atoms with E-state index in [-0.39, 0.29) is 12.6 Å². The summed E-state index contributed by atoms with van der Waals surface area (Å²) in [7, 11) is 0. The summed E-state index contributed by atoms with van der Waals surface area (Å²) < 4.78 is 42.1. The Balaban J connectivity index is 5.21. The summed E-state index contributed by atoms with van der Waals surface area (Å²) in [6.45, 7) is 17.0. The van der Waals surface area contributed by atoms with Crippen molar-refractivity contribution in [2.45, 2.75) is 157 Å². The predicted octanol–water partition coefficient (Wildman–Crippen LogP) is 9.10. The first-order chi connectivity index (χ1) is 20.1. The van der Waals surface area contributed by atoms with Crippen molar-refractivity contribution in [2.75, 3.05) is 39.6 Å². The molecule has 0 aliphatic carbocycles. The van der Waals surface area contributed by atoms with E-state index in [1.165, 1.54) is 0 Å². The van der Waals surface area contributed by atoms with Gasteiger partial charge in [0.25, 0.3) is 0 Å². The van der Waals surface area contributed by atoms with E-state index in [4.69, 9.17) is 33.2 Å². The molecule has 0 aromatic carbocycles. The largest absolute Gasteiger partial charge is 0.353 e. The maximum Gasteiger partial charge on any atom is 0.180 e. The quantitative estimate of drug-likeness (QED) is 0.0442. The van der Waals surface area contributed by atoms with Crippen LogP contribution in [0.1, 0.15) is 131 Å². The van der Waals surface area contributed by atoms with E-state index in [2.05, 4.69) is 53.7 Å². The summed E-state index contributed by atoms with van der Waals surface area (Å²) in [5, 5.41) is 0. The number of ether oxygens (including phenoxy) is 7. The summed E-state index contributed by atoms with van der Waals surface area (Å²) >= 11 is 0. The van der Waals surface area contributed by atoms with Gasteiger partial charge in [0.1, 0.15) is 0 Å². The van der Waals surface area contributed by atoms with Crippen LogP contribution in [0.15, 0.2) is 24.3 Å². The second kappa shape index (κ2) is 32.1. The minimum atomic E-state index is -0.479. The van der Waals surface area contributed by atoms with Crippen LogP contribution in [0.4, 0.5) is 0 Å². The normalized spacial score (nSPS) is 13.9. The van der Waals surface area contributed by atoms with Crippen molar-refractivity contribution in [2.24, 2.45) is 0 Å². The lowest BCUT2D eigenvalue weighted by atomic mass is 10.2. The second-order valence-corrected chi connectivity index (χ2v) is 10.4. The molecule has 0 amide bonds. The van der Waals surface area contributed by atoms with Gasteiger partial charge in [-0.3, -0.25) is 0 Å². The van der Waals surface area contributed by atoms with Crippen LogP contribution in [-0.4, -0.2) is 64.8 Å². The zero-order valence-corrected chi connectivity index (χ0v) is 27.6. The van der Waals surface area contributed by atoms with E-state index in [0.29, 0.717) is 39.6 Å². The van der Waals surface area contributed by atoms with Gasteiger partial charge in [-0.15, -0.1) is 0 Å². The van der Waals surface area contributed by atoms with E-state index in [0.717, 1.165) is 89.9 Å². The first-order valence-corrected chi connectivity index (χ1v) is 16.8. The van der Waals surface area contributed by atoms with Gasteiger partial charge in [0.2, 0.25) is 0 Å². The Morgan fingerprint density at radius 1 is 0.415 bits per heavy atom. The van der Waals surface area contributed by atoms with Crippen molar-refractivity contribution in [3.63, 3.8) is 0 Å². The van der Waals surface area contributed by atoms with Crippen LogP contribution >= 0.6 is 0 Å². The lowest BCUT2D eigenvalue weighted by molar-refractivity contribution is -0.208. The van der Waals surface area contributed by atoms with Crippen LogP contribution in [-0.2, 0) is 33.2 Å². The van der Waals surface area contributed by atoms with Gasteiger partial charge < -0.3 is 33.2 Å². The van der Waals surface area contributed by atoms with Crippen LogP contribution in [0.2, 0.25) is 0 Å². The molecule has 0 aliphatic heterocycles. The number of unbranched alkanes of at least 4 members (excludes halogenated alkanes) is 4. The Morgan fingerprint density at radius 2 is 0.780 bits per heavy atom. The molecule has 0 rings (SSSR count). The fraction of sp³-hybridized carbons (Fsp3) is 0.882. The van der Waals surface area contributed by atoms with E-state index in [1.807, 2.05) is 12.2 Å². The molecule has 7 nitrogen and oxygen atoms in total. The van der Waals surface area contributed by atoms with Crippen LogP contribution in [0.3, 0.4) is 0 Å². The zero-order chi connectivity index (χ0) is 30.2. The summed E-state index contributed by atoms with van der Waals surface area (Å²) in [5.74, 6) is 0. The summed E-state index contributed by atoms with van der Waals surface area (Å²) in [6.07, 6.45) is 20.7. The average Bonchev–Trinajstić information content (AvgIpc) is 2.99. The van der Waals surface area contributed by atoms with Gasteiger partial charge in [-0.25, -0.2) is 0 Å². The smallest absolute Gasteiger partial charge is 0.180 e. The topological polar surface area (TPSA) is 64.6 Å². The molecule has 0 heterocycles. The highest BCUT2D eigenvalue weighted by atomic mass is 16.8. The number of hydrogen-bond acceptors (Lipinski definition) is 7. The number of hydrogen-bond donors (Lipinski definition) is 0. The third-order valence-electron chi connectivity index (χ3n) is 6.08. The Morgan fingerprint density at radius 3 is 1.10 bits per heavy atom. The maximum atomic E-state index is 6.34. The minimum Gasteiger partial charge on any atom is -0.353 e. The molecule has 0 saturated carbocycles. The van der Waals surface area contributed by atoms with Gasteiger partial charge in [0.05, 0.1) is 13.2 Å². The van der Waals surface area contributed by atoms with Gasteiger partial charge in [0, 0.05) is 39.3 Å². The molecule has 0 aliphatic rings. The first-order valence-electron chi connectivity index (χ1n) is 16.8. The highest BCUT2D eigenvalue weighted by Crippen LogP contribution is 2.13. The van der Waals surface area contributed by atoms with Gasteiger partial charge >= 0.3 is 0 Å². The van der Waals surface area contributed by atoms with Gasteiger partial charge in [-0.2, -0.15) is 0 Å². The van der Waals surface area contributed by atoms with Gasteiger partial charge in [-0.1, -0.05) is 79.4 Å². The van der Waals surface area contributed by atoms with Crippen LogP contribution < -0.4 is 0 Å². The standard InChI is InChI=1S/C34H66O7/c1-7-13-19-29-39-33(23-17-15-21-31(35-25-9-3)36-26-10-4)41-34(40-30-20-14-8-2)24-18-16-22-32(37-27-11-5)38-28-12-6/h17-18,23-24,31-34H,7-16,19-22,25-30H2,1-6H3. The summed E-state index contributed by atoms with van der Waals surface area (Å²) in [6, 6.07) is 0. The Kier molecular flexibility index (Phi) is 31.5. The van der Waals surface area contributed by atoms with Crippen molar-refractivity contribution in [1.29, 1.82) is 0 Å². The molecular weight excluding hydrogens is 520 g/mol. The predicted molar refractivity (Wildman–Crippen MR) is 169 cm³/mol. The summed E-state index contributed by atoms with van der Waals surface area (Å²) in [4.78, 5) is 0. The van der Waals surface area contributed by atoms with Crippen molar-refractivity contribution < 1.29 is 33.2 Å². The molecule has 0 saturated heterocycles. The molecular formula is C34H66O7. The van der Waals surface area contributed by atoms with Crippen LogP contribution in [0.5, 0.6) is 0 Å². The van der Waals surface area contributed by atoms with Crippen molar-refractivity contribution >= 4 is 0 Å². The Hall–Kier alpha value is -0.800. The molecule has 0 N–H and O–H groups in total. The van der Waals surface area contributed by atoms with Gasteiger partial charge in [0.15, 0.2) is 25.2 Å². The second-order valence-electron chi connectivity index (χ2n) is 10.4. The van der Waals surface area contributed by atoms with E-state index in [9.17, 15) is 0 Å². The third-order valence-corrected chi connectivity index (χ3v) is 6.08. The summed E-state index contributed by atoms with van der Waals surface area (Å²) in [5.41, 5.74) is 0. The highest BCUT2D eigenvalue weighted by Gasteiger charge is 2.15. The monoisotopic (exact) mass is 586 g/mol. The maximum absolute atomic E-state index is 6.34. The molecule has 2 atom stereocenters. The van der Waals surface area contributed by atoms with Crippen LogP contribution in [0, 0.1) is 0 Å². The van der Waals surface area contributed by atoms with Crippen LogP contribution in [0.25, 0.3) is 0 Å². The van der Waals surface area contributed by atoms with E-state index < -0.39 is 12.6 Å². The Labute approximate surface area is 253 Å². The van der Waals surface area contributed by atoms with Gasteiger partial charge in [-0.05, 0) is 63.5 Å². The molecule has 7 heteroatoms. The Bertz CT molecular complexity index is 505.